The minimum absolute atomic E-state index is 0.0192. The molecule has 5 nitrogen and oxygen atoms in total. The van der Waals surface area contributed by atoms with Crippen molar-refractivity contribution in [1.29, 1.82) is 0 Å². The summed E-state index contributed by atoms with van der Waals surface area (Å²) >= 11 is 0. The fourth-order valence-corrected chi connectivity index (χ4v) is 2.90. The molecule has 2 saturated carbocycles. The number of hydrogen-bond acceptors (Lipinski definition) is 3. The lowest BCUT2D eigenvalue weighted by atomic mass is 9.86. The molecule has 0 radical (unpaired) electrons. The van der Waals surface area contributed by atoms with Gasteiger partial charge in [-0.3, -0.25) is 14.5 Å². The van der Waals surface area contributed by atoms with Gasteiger partial charge in [0.2, 0.25) is 11.8 Å². The lowest BCUT2D eigenvalue weighted by molar-refractivity contribution is -0.128. The Morgan fingerprint density at radius 3 is 2.43 bits per heavy atom. The van der Waals surface area contributed by atoms with Gasteiger partial charge in [-0.25, -0.2) is 0 Å². The van der Waals surface area contributed by atoms with Crippen LogP contribution in [0.15, 0.2) is 0 Å². The highest BCUT2D eigenvalue weighted by molar-refractivity contribution is 5.83. The molecule has 0 aromatic heterocycles. The number of likely N-dealkylation sites (N-methyl/N-ethyl adjacent to an activating group) is 1. The Bertz CT molecular complexity index is 382. The lowest BCUT2D eigenvalue weighted by Gasteiger charge is -2.32. The fraction of sp³-hybridized carbons (Fsp3) is 0.875. The zero-order valence-corrected chi connectivity index (χ0v) is 13.5. The van der Waals surface area contributed by atoms with E-state index in [9.17, 15) is 9.59 Å². The molecule has 21 heavy (non-hydrogen) atoms. The molecular weight excluding hydrogens is 266 g/mol. The second kappa shape index (κ2) is 7.25. The third kappa shape index (κ3) is 4.99. The largest absolute Gasteiger partial charge is 0.352 e. The number of carbonyl (C=O) groups is 2. The topological polar surface area (TPSA) is 61.4 Å². The molecule has 2 amide bonds. The molecule has 2 fully saturated rings. The van der Waals surface area contributed by atoms with Gasteiger partial charge in [0.1, 0.15) is 0 Å². The van der Waals surface area contributed by atoms with Crippen molar-refractivity contribution in [1.82, 2.24) is 15.5 Å². The van der Waals surface area contributed by atoms with Gasteiger partial charge in [-0.15, -0.1) is 0 Å². The summed E-state index contributed by atoms with van der Waals surface area (Å²) in [7, 11) is 1.83. The molecule has 0 heterocycles. The average Bonchev–Trinajstić information content (AvgIpc) is 3.24. The van der Waals surface area contributed by atoms with E-state index in [-0.39, 0.29) is 24.4 Å². The lowest BCUT2D eigenvalue weighted by Crippen LogP contribution is -2.51. The van der Waals surface area contributed by atoms with Crippen LogP contribution in [-0.2, 0) is 9.59 Å². The van der Waals surface area contributed by atoms with E-state index in [4.69, 9.17) is 0 Å². The van der Waals surface area contributed by atoms with E-state index in [0.717, 1.165) is 19.3 Å². The van der Waals surface area contributed by atoms with Crippen molar-refractivity contribution in [2.45, 2.75) is 70.5 Å². The smallest absolute Gasteiger partial charge is 0.237 e. The Morgan fingerprint density at radius 2 is 1.81 bits per heavy atom. The maximum Gasteiger partial charge on any atom is 0.237 e. The maximum atomic E-state index is 12.3. The first-order valence-corrected chi connectivity index (χ1v) is 8.27. The molecule has 2 aliphatic carbocycles. The molecule has 2 rings (SSSR count). The van der Waals surface area contributed by atoms with Crippen LogP contribution >= 0.6 is 0 Å². The van der Waals surface area contributed by atoms with E-state index in [1.165, 1.54) is 19.3 Å². The highest BCUT2D eigenvalue weighted by Gasteiger charge is 2.28. The predicted molar refractivity (Wildman–Crippen MR) is 82.8 cm³/mol. The van der Waals surface area contributed by atoms with E-state index in [2.05, 4.69) is 17.6 Å². The van der Waals surface area contributed by atoms with E-state index >= 15 is 0 Å². The van der Waals surface area contributed by atoms with E-state index in [1.807, 2.05) is 18.9 Å². The van der Waals surface area contributed by atoms with Gasteiger partial charge in [0.25, 0.3) is 0 Å². The molecule has 3 atom stereocenters. The molecule has 0 aromatic carbocycles. The Hall–Kier alpha value is -1.10. The van der Waals surface area contributed by atoms with Crippen molar-refractivity contribution in [3.8, 4) is 0 Å². The van der Waals surface area contributed by atoms with Crippen LogP contribution < -0.4 is 10.6 Å². The SMILES string of the molecule is C[C@@H]1CCCC[C@H]1NC(=O)[C@@H](C)N(C)CC(=O)NC1CC1. The molecule has 120 valence electrons. The summed E-state index contributed by atoms with van der Waals surface area (Å²) in [5, 5.41) is 6.12. The average molecular weight is 295 g/mol. The van der Waals surface area contributed by atoms with Gasteiger partial charge in [0.15, 0.2) is 0 Å². The van der Waals surface area contributed by atoms with Crippen LogP contribution in [0.1, 0.15) is 52.4 Å². The monoisotopic (exact) mass is 295 g/mol. The molecule has 0 aliphatic heterocycles. The molecule has 0 saturated heterocycles. The number of nitrogens with zero attached hydrogens (tertiary/aromatic N) is 1. The van der Waals surface area contributed by atoms with Gasteiger partial charge in [0.05, 0.1) is 12.6 Å². The molecule has 0 unspecified atom stereocenters. The van der Waals surface area contributed by atoms with Crippen molar-refractivity contribution in [3.63, 3.8) is 0 Å². The quantitative estimate of drug-likeness (QED) is 0.776. The summed E-state index contributed by atoms with van der Waals surface area (Å²) < 4.78 is 0. The first-order valence-electron chi connectivity index (χ1n) is 8.27. The predicted octanol–water partition coefficient (Wildman–Crippen LogP) is 1.28. The van der Waals surface area contributed by atoms with Gasteiger partial charge in [0, 0.05) is 12.1 Å². The minimum atomic E-state index is -0.274. The van der Waals surface area contributed by atoms with E-state index in [1.54, 1.807) is 0 Å². The molecule has 2 aliphatic rings. The Morgan fingerprint density at radius 1 is 1.14 bits per heavy atom. The summed E-state index contributed by atoms with van der Waals surface area (Å²) in [5.41, 5.74) is 0. The van der Waals surface area contributed by atoms with Crippen LogP contribution in [0.4, 0.5) is 0 Å². The number of carbonyl (C=O) groups excluding carboxylic acids is 2. The highest BCUT2D eigenvalue weighted by atomic mass is 16.2. The summed E-state index contributed by atoms with van der Waals surface area (Å²) in [6.45, 7) is 4.36. The Kier molecular flexibility index (Phi) is 5.62. The second-order valence-electron chi connectivity index (χ2n) is 6.81. The van der Waals surface area contributed by atoms with Crippen molar-refractivity contribution in [2.75, 3.05) is 13.6 Å². The van der Waals surface area contributed by atoms with Gasteiger partial charge in [-0.05, 0) is 45.6 Å². The standard InChI is InChI=1S/C16H29N3O2/c1-11-6-4-5-7-14(11)18-16(21)12(2)19(3)10-15(20)17-13-8-9-13/h11-14H,4-10H2,1-3H3,(H,17,20)(H,18,21)/t11-,12-,14-/m1/s1. The fourth-order valence-electron chi connectivity index (χ4n) is 2.90. The third-order valence-electron chi connectivity index (χ3n) is 4.82. The molecule has 2 N–H and O–H groups in total. The number of rotatable bonds is 6. The molecule has 5 heteroatoms. The van der Waals surface area contributed by atoms with Gasteiger partial charge >= 0.3 is 0 Å². The normalized spacial score (nSPS) is 27.2. The molecule has 0 spiro atoms. The summed E-state index contributed by atoms with van der Waals surface area (Å²) in [6.07, 6.45) is 6.91. The maximum absolute atomic E-state index is 12.3. The summed E-state index contributed by atoms with van der Waals surface area (Å²) in [5.74, 6) is 0.611. The molecular formula is C16H29N3O2. The van der Waals surface area contributed by atoms with Crippen molar-refractivity contribution in [2.24, 2.45) is 5.92 Å². The van der Waals surface area contributed by atoms with E-state index in [0.29, 0.717) is 18.0 Å². The zero-order chi connectivity index (χ0) is 15.4. The molecule has 0 bridgehead atoms. The van der Waals surface area contributed by atoms with Crippen LogP contribution in [-0.4, -0.2) is 48.4 Å². The van der Waals surface area contributed by atoms with E-state index < -0.39 is 0 Å². The van der Waals surface area contributed by atoms with Crippen molar-refractivity contribution < 1.29 is 9.59 Å². The van der Waals surface area contributed by atoms with Crippen LogP contribution in [0.3, 0.4) is 0 Å². The van der Waals surface area contributed by atoms with Gasteiger partial charge < -0.3 is 10.6 Å². The zero-order valence-electron chi connectivity index (χ0n) is 13.5. The van der Waals surface area contributed by atoms with Crippen molar-refractivity contribution >= 4 is 11.8 Å². The second-order valence-corrected chi connectivity index (χ2v) is 6.81. The Labute approximate surface area is 127 Å². The van der Waals surface area contributed by atoms with Crippen molar-refractivity contribution in [3.05, 3.63) is 0 Å². The van der Waals surface area contributed by atoms with Crippen LogP contribution in [0, 0.1) is 5.92 Å². The number of amides is 2. The third-order valence-corrected chi connectivity index (χ3v) is 4.82. The Balaban J connectivity index is 1.75. The number of nitrogens with one attached hydrogen (secondary N) is 2. The van der Waals surface area contributed by atoms with Gasteiger partial charge in [-0.1, -0.05) is 19.8 Å². The number of hydrogen-bond donors (Lipinski definition) is 2. The highest BCUT2D eigenvalue weighted by Crippen LogP contribution is 2.23. The molecule has 0 aromatic rings. The first kappa shape index (κ1) is 16.3. The first-order chi connectivity index (χ1) is 9.97. The van der Waals surface area contributed by atoms with Crippen LogP contribution in [0.25, 0.3) is 0 Å². The summed E-state index contributed by atoms with van der Waals surface area (Å²) in [4.78, 5) is 25.9. The minimum Gasteiger partial charge on any atom is -0.352 e. The van der Waals surface area contributed by atoms with Crippen LogP contribution in [0.2, 0.25) is 0 Å². The van der Waals surface area contributed by atoms with Crippen LogP contribution in [0.5, 0.6) is 0 Å². The van der Waals surface area contributed by atoms with Gasteiger partial charge in [-0.2, -0.15) is 0 Å². The summed E-state index contributed by atoms with van der Waals surface area (Å²) in [6, 6.07) is 0.393.